The average Bonchev–Trinajstić information content (AvgIpc) is 3.84. The van der Waals surface area contributed by atoms with Gasteiger partial charge in [0.2, 0.25) is 5.95 Å². The molecule has 3 heterocycles. The van der Waals surface area contributed by atoms with E-state index in [1.807, 2.05) is 0 Å². The lowest BCUT2D eigenvalue weighted by Crippen LogP contribution is -2.07. The van der Waals surface area contributed by atoms with Crippen LogP contribution in [0, 0.1) is 0 Å². The zero-order valence-corrected chi connectivity index (χ0v) is 32.4. The van der Waals surface area contributed by atoms with Gasteiger partial charge in [0.05, 0.1) is 27.8 Å². The van der Waals surface area contributed by atoms with E-state index in [9.17, 15) is 0 Å². The highest BCUT2D eigenvalue weighted by Crippen LogP contribution is 2.39. The molecule has 0 bridgehead atoms. The second-order valence-electron chi connectivity index (χ2n) is 15.2. The van der Waals surface area contributed by atoms with Gasteiger partial charge < -0.3 is 4.57 Å². The first-order valence-corrected chi connectivity index (χ1v) is 20.3. The fourth-order valence-electron chi connectivity index (χ4n) is 9.06. The standard InChI is InChI=1S/C55H35N5/c1-2-16-36(17-3-1)38-32-33-52-47(35-38)45-25-8-10-28-48(45)59(52)51-31-13-9-26-46(51)54-56-53(40-21-14-20-39(34-40)42-27-15-19-37-18-4-5-22-41(37)42)57-55(58-54)60-49-29-11-6-23-43(49)44-24-7-12-30-50(44)60/h1-35H. The summed E-state index contributed by atoms with van der Waals surface area (Å²) in [5, 5.41) is 7.08. The van der Waals surface area contributed by atoms with Gasteiger partial charge in [-0.1, -0.05) is 164 Å². The molecule has 0 fully saturated rings. The molecule has 0 aliphatic carbocycles. The van der Waals surface area contributed by atoms with Crippen molar-refractivity contribution in [1.29, 1.82) is 0 Å². The maximum atomic E-state index is 5.41. The second kappa shape index (κ2) is 13.8. The molecular formula is C55H35N5. The Balaban J connectivity index is 1.11. The summed E-state index contributed by atoms with van der Waals surface area (Å²) in [7, 11) is 0. The number of rotatable bonds is 6. The van der Waals surface area contributed by atoms with Gasteiger partial charge in [-0.2, -0.15) is 9.97 Å². The van der Waals surface area contributed by atoms with E-state index in [-0.39, 0.29) is 0 Å². The third kappa shape index (κ3) is 5.44. The Morgan fingerprint density at radius 2 is 0.817 bits per heavy atom. The summed E-state index contributed by atoms with van der Waals surface area (Å²) in [6.45, 7) is 0. The number of para-hydroxylation sites is 4. The largest absolute Gasteiger partial charge is 0.309 e. The van der Waals surface area contributed by atoms with Crippen molar-refractivity contribution >= 4 is 54.4 Å². The van der Waals surface area contributed by atoms with Gasteiger partial charge in [-0.25, -0.2) is 4.98 Å². The SMILES string of the molecule is c1ccc(-c2ccc3c(c2)c2ccccc2n3-c2ccccc2-c2nc(-c3cccc(-c4cccc5ccccc45)c3)nc(-n3c4ccccc4c4ccccc43)n2)cc1. The molecule has 0 unspecified atom stereocenters. The molecule has 12 rings (SSSR count). The van der Waals surface area contributed by atoms with Crippen molar-refractivity contribution in [2.24, 2.45) is 0 Å². The minimum absolute atomic E-state index is 0.562. The van der Waals surface area contributed by atoms with Crippen LogP contribution in [-0.4, -0.2) is 24.1 Å². The number of fused-ring (bicyclic) bond motifs is 7. The van der Waals surface area contributed by atoms with Crippen LogP contribution in [-0.2, 0) is 0 Å². The van der Waals surface area contributed by atoms with Crippen LogP contribution >= 0.6 is 0 Å². The molecule has 5 heteroatoms. The van der Waals surface area contributed by atoms with Crippen molar-refractivity contribution in [2.75, 3.05) is 0 Å². The first kappa shape index (κ1) is 33.9. The maximum Gasteiger partial charge on any atom is 0.238 e. The predicted octanol–water partition coefficient (Wildman–Crippen LogP) is 13.9. The maximum absolute atomic E-state index is 5.41. The van der Waals surface area contributed by atoms with E-state index >= 15 is 0 Å². The highest BCUT2D eigenvalue weighted by atomic mass is 15.2. The zero-order chi connectivity index (χ0) is 39.6. The Kier molecular flexibility index (Phi) is 7.78. The van der Waals surface area contributed by atoms with Crippen molar-refractivity contribution in [1.82, 2.24) is 24.1 Å². The van der Waals surface area contributed by atoms with E-state index in [2.05, 4.69) is 221 Å². The molecule has 0 saturated heterocycles. The lowest BCUT2D eigenvalue weighted by Gasteiger charge is -2.15. The summed E-state index contributed by atoms with van der Waals surface area (Å²) in [6, 6.07) is 75.1. The van der Waals surface area contributed by atoms with Gasteiger partial charge in [0.1, 0.15) is 0 Å². The quantitative estimate of drug-likeness (QED) is 0.169. The second-order valence-corrected chi connectivity index (χ2v) is 15.2. The third-order valence-corrected chi connectivity index (χ3v) is 11.8. The molecule has 0 saturated carbocycles. The van der Waals surface area contributed by atoms with Crippen LogP contribution in [0.4, 0.5) is 0 Å². The van der Waals surface area contributed by atoms with E-state index in [1.165, 1.54) is 38.2 Å². The van der Waals surface area contributed by atoms with Crippen molar-refractivity contribution in [3.8, 4) is 56.7 Å². The molecule has 280 valence electrons. The fraction of sp³-hybridized carbons (Fsp3) is 0. The number of nitrogens with zero attached hydrogens (tertiary/aromatic N) is 5. The van der Waals surface area contributed by atoms with Crippen LogP contribution in [0.25, 0.3) is 111 Å². The van der Waals surface area contributed by atoms with Crippen LogP contribution in [0.2, 0.25) is 0 Å². The number of aromatic nitrogens is 5. The summed E-state index contributed by atoms with van der Waals surface area (Å²) < 4.78 is 4.54. The molecule has 0 aliphatic rings. The summed E-state index contributed by atoms with van der Waals surface area (Å²) in [5.74, 6) is 1.76. The van der Waals surface area contributed by atoms with Gasteiger partial charge in [-0.05, 0) is 81.6 Å². The van der Waals surface area contributed by atoms with E-state index in [1.54, 1.807) is 0 Å². The molecule has 0 aliphatic heterocycles. The Morgan fingerprint density at radius 3 is 1.60 bits per heavy atom. The molecule has 0 amide bonds. The Labute approximate surface area is 346 Å². The lowest BCUT2D eigenvalue weighted by atomic mass is 9.97. The minimum atomic E-state index is 0.562. The fourth-order valence-corrected chi connectivity index (χ4v) is 9.06. The molecule has 12 aromatic rings. The molecule has 60 heavy (non-hydrogen) atoms. The molecule has 0 N–H and O–H groups in total. The van der Waals surface area contributed by atoms with Crippen molar-refractivity contribution in [3.63, 3.8) is 0 Å². The first-order valence-electron chi connectivity index (χ1n) is 20.3. The molecule has 3 aromatic heterocycles. The Morgan fingerprint density at radius 1 is 0.283 bits per heavy atom. The van der Waals surface area contributed by atoms with E-state index < -0.39 is 0 Å². The van der Waals surface area contributed by atoms with Gasteiger partial charge in [0.25, 0.3) is 0 Å². The van der Waals surface area contributed by atoms with Crippen LogP contribution in [0.3, 0.4) is 0 Å². The molecule has 0 atom stereocenters. The normalized spacial score (nSPS) is 11.7. The van der Waals surface area contributed by atoms with Crippen molar-refractivity contribution in [2.45, 2.75) is 0 Å². The molecular weight excluding hydrogens is 731 g/mol. The van der Waals surface area contributed by atoms with Crippen LogP contribution in [0.5, 0.6) is 0 Å². The van der Waals surface area contributed by atoms with E-state index in [0.29, 0.717) is 17.6 Å². The lowest BCUT2D eigenvalue weighted by molar-refractivity contribution is 0.952. The number of hydrogen-bond acceptors (Lipinski definition) is 3. The summed E-state index contributed by atoms with van der Waals surface area (Å²) in [5.41, 5.74) is 11.8. The molecule has 0 radical (unpaired) electrons. The van der Waals surface area contributed by atoms with Gasteiger partial charge in [0, 0.05) is 32.7 Å². The third-order valence-electron chi connectivity index (χ3n) is 11.8. The highest BCUT2D eigenvalue weighted by molar-refractivity contribution is 6.11. The molecule has 9 aromatic carbocycles. The summed E-state index contributed by atoms with van der Waals surface area (Å²) in [4.78, 5) is 16.1. The van der Waals surface area contributed by atoms with E-state index in [4.69, 9.17) is 15.0 Å². The Bertz CT molecular complexity index is 3560. The van der Waals surface area contributed by atoms with Gasteiger partial charge in [-0.3, -0.25) is 4.57 Å². The zero-order valence-electron chi connectivity index (χ0n) is 32.4. The Hall–Kier alpha value is -8.15. The van der Waals surface area contributed by atoms with Crippen LogP contribution < -0.4 is 0 Å². The number of hydrogen-bond donors (Lipinski definition) is 0. The summed E-state index contributed by atoms with van der Waals surface area (Å²) >= 11 is 0. The van der Waals surface area contributed by atoms with Crippen molar-refractivity contribution in [3.05, 3.63) is 212 Å². The van der Waals surface area contributed by atoms with E-state index in [0.717, 1.165) is 55.2 Å². The topological polar surface area (TPSA) is 48.5 Å². The predicted molar refractivity (Wildman–Crippen MR) is 248 cm³/mol. The van der Waals surface area contributed by atoms with Gasteiger partial charge >= 0.3 is 0 Å². The van der Waals surface area contributed by atoms with Crippen LogP contribution in [0.15, 0.2) is 212 Å². The van der Waals surface area contributed by atoms with Crippen LogP contribution in [0.1, 0.15) is 0 Å². The van der Waals surface area contributed by atoms with Gasteiger partial charge in [0.15, 0.2) is 11.6 Å². The monoisotopic (exact) mass is 765 g/mol. The highest BCUT2D eigenvalue weighted by Gasteiger charge is 2.21. The molecule has 5 nitrogen and oxygen atoms in total. The first-order chi connectivity index (χ1) is 29.8. The molecule has 0 spiro atoms. The minimum Gasteiger partial charge on any atom is -0.309 e. The van der Waals surface area contributed by atoms with Crippen molar-refractivity contribution < 1.29 is 0 Å². The number of benzene rings is 9. The summed E-state index contributed by atoms with van der Waals surface area (Å²) in [6.07, 6.45) is 0. The smallest absolute Gasteiger partial charge is 0.238 e. The van der Waals surface area contributed by atoms with Gasteiger partial charge in [-0.15, -0.1) is 0 Å². The average molecular weight is 766 g/mol.